The number of halogens is 1. The number of carbonyl (C=O) groups is 3. The number of nitrogens with one attached hydrogen (secondary N) is 1. The first-order valence-corrected chi connectivity index (χ1v) is 6.59. The molecule has 0 aromatic carbocycles. The van der Waals surface area contributed by atoms with E-state index in [2.05, 4.69) is 20.0 Å². The molecule has 120 valence electrons. The number of Topliss-reactive ketones (excluding diaryl/α,β-unsaturated/α-hetero) is 1. The van der Waals surface area contributed by atoms with Crippen molar-refractivity contribution in [2.45, 2.75) is 33.3 Å². The molecule has 9 heteroatoms. The van der Waals surface area contributed by atoms with Crippen molar-refractivity contribution in [1.82, 2.24) is 9.97 Å². The van der Waals surface area contributed by atoms with Gasteiger partial charge in [-0.2, -0.15) is 0 Å². The van der Waals surface area contributed by atoms with Crippen LogP contribution in [0.3, 0.4) is 0 Å². The average molecular weight is 330 g/mol. The zero-order chi connectivity index (χ0) is 17.1. The number of methoxy groups -OCH3 is 1. The fourth-order valence-electron chi connectivity index (χ4n) is 1.37. The number of rotatable bonds is 3. The highest BCUT2D eigenvalue weighted by Gasteiger charge is 2.24. The molecule has 0 aliphatic heterocycles. The lowest BCUT2D eigenvalue weighted by molar-refractivity contribution is 0.0594. The lowest BCUT2D eigenvalue weighted by Gasteiger charge is -2.20. The Morgan fingerprint density at radius 2 is 1.73 bits per heavy atom. The van der Waals surface area contributed by atoms with Crippen LogP contribution in [0.15, 0.2) is 0 Å². The van der Waals surface area contributed by atoms with Crippen molar-refractivity contribution in [2.24, 2.45) is 0 Å². The molecule has 1 rings (SSSR count). The minimum absolute atomic E-state index is 0.180. The van der Waals surface area contributed by atoms with E-state index in [0.717, 1.165) is 7.11 Å². The Labute approximate surface area is 132 Å². The molecule has 1 amide bonds. The number of amides is 1. The maximum Gasteiger partial charge on any atom is 0.413 e. The Morgan fingerprint density at radius 3 is 2.18 bits per heavy atom. The monoisotopic (exact) mass is 329 g/mol. The number of hydrogen-bond donors (Lipinski definition) is 1. The van der Waals surface area contributed by atoms with E-state index in [-0.39, 0.29) is 22.4 Å². The second-order valence-electron chi connectivity index (χ2n) is 5.23. The van der Waals surface area contributed by atoms with Crippen LogP contribution in [0.4, 0.5) is 10.6 Å². The van der Waals surface area contributed by atoms with E-state index in [1.54, 1.807) is 20.8 Å². The molecule has 0 atom stereocenters. The molecular formula is C13H16ClN3O5. The van der Waals surface area contributed by atoms with Crippen molar-refractivity contribution in [1.29, 1.82) is 0 Å². The van der Waals surface area contributed by atoms with Crippen LogP contribution in [0, 0.1) is 0 Å². The zero-order valence-electron chi connectivity index (χ0n) is 12.8. The van der Waals surface area contributed by atoms with Gasteiger partial charge in [0.05, 0.1) is 7.11 Å². The molecule has 8 nitrogen and oxygen atoms in total. The third-order valence-corrected chi connectivity index (χ3v) is 2.45. The van der Waals surface area contributed by atoms with E-state index in [1.165, 1.54) is 6.92 Å². The van der Waals surface area contributed by atoms with Crippen LogP contribution in [0.2, 0.25) is 5.15 Å². The largest absolute Gasteiger partial charge is 0.464 e. The predicted molar refractivity (Wildman–Crippen MR) is 78.2 cm³/mol. The average Bonchev–Trinajstić information content (AvgIpc) is 2.36. The third kappa shape index (κ3) is 4.66. The number of carbonyl (C=O) groups excluding carboxylic acids is 3. The standard InChI is InChI=1S/C13H16ClN3O5/c1-6(18)7-9(14)15-8(11(19)21-5)10(16-7)17-12(20)22-13(2,3)4/h1-5H3,(H,16,17,20). The summed E-state index contributed by atoms with van der Waals surface area (Å²) >= 11 is 5.79. The van der Waals surface area contributed by atoms with Gasteiger partial charge in [0.25, 0.3) is 0 Å². The number of nitrogens with zero attached hydrogens (tertiary/aromatic N) is 2. The lowest BCUT2D eigenvalue weighted by Crippen LogP contribution is -2.28. The van der Waals surface area contributed by atoms with Gasteiger partial charge >= 0.3 is 12.1 Å². The molecule has 0 spiro atoms. The van der Waals surface area contributed by atoms with Crippen molar-refractivity contribution < 1.29 is 23.9 Å². The normalized spacial score (nSPS) is 10.8. The summed E-state index contributed by atoms with van der Waals surface area (Å²) < 4.78 is 9.59. The van der Waals surface area contributed by atoms with Gasteiger partial charge in [0.2, 0.25) is 0 Å². The first kappa shape index (κ1) is 17.8. The maximum atomic E-state index is 11.8. The fourth-order valence-corrected chi connectivity index (χ4v) is 1.63. The Balaban J connectivity index is 3.24. The zero-order valence-corrected chi connectivity index (χ0v) is 13.6. The van der Waals surface area contributed by atoms with Crippen LogP contribution in [-0.4, -0.2) is 40.5 Å². The number of hydrogen-bond acceptors (Lipinski definition) is 7. The summed E-state index contributed by atoms with van der Waals surface area (Å²) in [6, 6.07) is 0. The summed E-state index contributed by atoms with van der Waals surface area (Å²) in [5.41, 5.74) is -1.26. The van der Waals surface area contributed by atoms with Gasteiger partial charge in [-0.05, 0) is 20.8 Å². The second-order valence-corrected chi connectivity index (χ2v) is 5.59. The van der Waals surface area contributed by atoms with Gasteiger partial charge < -0.3 is 9.47 Å². The minimum Gasteiger partial charge on any atom is -0.464 e. The molecule has 0 aliphatic rings. The van der Waals surface area contributed by atoms with E-state index in [0.29, 0.717) is 0 Å². The molecule has 22 heavy (non-hydrogen) atoms. The van der Waals surface area contributed by atoms with Gasteiger partial charge in [-0.1, -0.05) is 11.6 Å². The quantitative estimate of drug-likeness (QED) is 0.670. The SMILES string of the molecule is COC(=O)c1nc(Cl)c(C(C)=O)nc1NC(=O)OC(C)(C)C. The third-order valence-electron chi connectivity index (χ3n) is 2.18. The van der Waals surface area contributed by atoms with Gasteiger partial charge in [0, 0.05) is 6.92 Å². The Kier molecular flexibility index (Phi) is 5.43. The summed E-state index contributed by atoms with van der Waals surface area (Å²) in [6.45, 7) is 6.23. The van der Waals surface area contributed by atoms with E-state index in [9.17, 15) is 14.4 Å². The fraction of sp³-hybridized carbons (Fsp3) is 0.462. The van der Waals surface area contributed by atoms with Crippen LogP contribution in [-0.2, 0) is 9.47 Å². The number of aromatic nitrogens is 2. The summed E-state index contributed by atoms with van der Waals surface area (Å²) in [5, 5.41) is 2.00. The van der Waals surface area contributed by atoms with E-state index < -0.39 is 23.4 Å². The maximum absolute atomic E-state index is 11.8. The summed E-state index contributed by atoms with van der Waals surface area (Å²) in [4.78, 5) is 42.5. The number of esters is 1. The molecule has 1 N–H and O–H groups in total. The first-order chi connectivity index (χ1) is 10.0. The van der Waals surface area contributed by atoms with Crippen molar-refractivity contribution in [3.63, 3.8) is 0 Å². The van der Waals surface area contributed by atoms with Gasteiger partial charge in [-0.3, -0.25) is 10.1 Å². The van der Waals surface area contributed by atoms with Crippen molar-refractivity contribution in [3.8, 4) is 0 Å². The first-order valence-electron chi connectivity index (χ1n) is 6.22. The Morgan fingerprint density at radius 1 is 1.14 bits per heavy atom. The Hall–Kier alpha value is -2.22. The summed E-state index contributed by atoms with van der Waals surface area (Å²) in [5.74, 6) is -1.60. The Bertz CT molecular complexity index is 625. The van der Waals surface area contributed by atoms with Crippen LogP contribution in [0.25, 0.3) is 0 Å². The molecular weight excluding hydrogens is 314 g/mol. The van der Waals surface area contributed by atoms with Crippen molar-refractivity contribution in [2.75, 3.05) is 12.4 Å². The number of anilines is 1. The molecule has 0 saturated heterocycles. The van der Waals surface area contributed by atoms with E-state index in [4.69, 9.17) is 16.3 Å². The van der Waals surface area contributed by atoms with Gasteiger partial charge in [-0.25, -0.2) is 19.6 Å². The lowest BCUT2D eigenvalue weighted by atomic mass is 10.2. The van der Waals surface area contributed by atoms with E-state index in [1.807, 2.05) is 0 Å². The highest BCUT2D eigenvalue weighted by atomic mass is 35.5. The molecule has 1 aromatic rings. The van der Waals surface area contributed by atoms with E-state index >= 15 is 0 Å². The molecule has 1 heterocycles. The van der Waals surface area contributed by atoms with Gasteiger partial charge in [0.15, 0.2) is 22.4 Å². The predicted octanol–water partition coefficient (Wildman–Crippen LogP) is 2.47. The molecule has 0 saturated carbocycles. The molecule has 1 aromatic heterocycles. The summed E-state index contributed by atoms with van der Waals surface area (Å²) in [7, 11) is 1.13. The van der Waals surface area contributed by atoms with Crippen LogP contribution < -0.4 is 5.32 Å². The molecule has 0 fully saturated rings. The van der Waals surface area contributed by atoms with Crippen LogP contribution in [0.5, 0.6) is 0 Å². The smallest absolute Gasteiger partial charge is 0.413 e. The number of ketones is 1. The summed E-state index contributed by atoms with van der Waals surface area (Å²) in [6.07, 6.45) is -0.858. The van der Waals surface area contributed by atoms with Crippen LogP contribution >= 0.6 is 11.6 Å². The van der Waals surface area contributed by atoms with Crippen molar-refractivity contribution in [3.05, 3.63) is 16.5 Å². The molecule has 0 radical (unpaired) electrons. The van der Waals surface area contributed by atoms with Crippen molar-refractivity contribution >= 4 is 35.3 Å². The van der Waals surface area contributed by atoms with Crippen LogP contribution in [0.1, 0.15) is 48.7 Å². The van der Waals surface area contributed by atoms with Gasteiger partial charge in [-0.15, -0.1) is 0 Å². The molecule has 0 aliphatic carbocycles. The number of ether oxygens (including phenoxy) is 2. The molecule has 0 bridgehead atoms. The minimum atomic E-state index is -0.865. The highest BCUT2D eigenvalue weighted by molar-refractivity contribution is 6.32. The highest BCUT2D eigenvalue weighted by Crippen LogP contribution is 2.20. The van der Waals surface area contributed by atoms with Gasteiger partial charge in [0.1, 0.15) is 11.3 Å². The molecule has 0 unspecified atom stereocenters. The second kappa shape index (κ2) is 6.69. The topological polar surface area (TPSA) is 107 Å².